The average Bonchev–Trinajstić information content (AvgIpc) is 2.90. The molecule has 6 heteroatoms. The van der Waals surface area contributed by atoms with Crippen LogP contribution in [0.25, 0.3) is 0 Å². The van der Waals surface area contributed by atoms with E-state index in [0.29, 0.717) is 25.9 Å². The van der Waals surface area contributed by atoms with Crippen molar-refractivity contribution < 1.29 is 14.3 Å². The van der Waals surface area contributed by atoms with Gasteiger partial charge in [-0.3, -0.25) is 15.0 Å². The first-order chi connectivity index (χ1) is 9.70. The van der Waals surface area contributed by atoms with Crippen LogP contribution in [0.5, 0.6) is 5.75 Å². The number of hydrogen-bond donors (Lipinski definition) is 2. The van der Waals surface area contributed by atoms with E-state index in [9.17, 15) is 9.59 Å². The minimum absolute atomic E-state index is 0.173. The Labute approximate surface area is 117 Å². The van der Waals surface area contributed by atoms with Crippen molar-refractivity contribution in [3.8, 4) is 5.75 Å². The molecule has 2 amide bonds. The molecule has 1 saturated heterocycles. The number of benzene rings is 1. The fourth-order valence-corrected chi connectivity index (χ4v) is 2.14. The highest BCUT2D eigenvalue weighted by molar-refractivity contribution is 5.95. The summed E-state index contributed by atoms with van der Waals surface area (Å²) in [6.45, 7) is 1.24. The van der Waals surface area contributed by atoms with Crippen LogP contribution < -0.4 is 20.9 Å². The summed E-state index contributed by atoms with van der Waals surface area (Å²) in [4.78, 5) is 24.3. The highest BCUT2D eigenvalue weighted by Crippen LogP contribution is 2.23. The van der Waals surface area contributed by atoms with Crippen LogP contribution >= 0.6 is 0 Å². The number of carbonyl (C=O) groups is 2. The third kappa shape index (κ3) is 3.71. The summed E-state index contributed by atoms with van der Waals surface area (Å²) in [7, 11) is 0. The number of nitrogens with two attached hydrogens (primary N) is 1. The SMILES string of the molecule is NNC(=O)CCCOc1ccc(N2CCCC2=O)cc1. The zero-order valence-electron chi connectivity index (χ0n) is 11.3. The van der Waals surface area contributed by atoms with Gasteiger partial charge in [-0.2, -0.15) is 0 Å². The van der Waals surface area contributed by atoms with Crippen LogP contribution in [0, 0.1) is 0 Å². The predicted octanol–water partition coefficient (Wildman–Crippen LogP) is 0.962. The van der Waals surface area contributed by atoms with Crippen molar-refractivity contribution in [2.24, 2.45) is 5.84 Å². The fourth-order valence-electron chi connectivity index (χ4n) is 2.14. The molecule has 0 bridgehead atoms. The molecule has 1 aliphatic heterocycles. The zero-order valence-corrected chi connectivity index (χ0v) is 11.3. The summed E-state index contributed by atoms with van der Waals surface area (Å²) in [5.74, 6) is 5.69. The van der Waals surface area contributed by atoms with Crippen LogP contribution in [-0.4, -0.2) is 25.0 Å². The first-order valence-electron chi connectivity index (χ1n) is 6.73. The summed E-state index contributed by atoms with van der Waals surface area (Å²) in [6, 6.07) is 7.43. The van der Waals surface area contributed by atoms with E-state index in [2.05, 4.69) is 5.43 Å². The number of carbonyl (C=O) groups excluding carboxylic acids is 2. The summed E-state index contributed by atoms with van der Waals surface area (Å²) < 4.78 is 5.52. The highest BCUT2D eigenvalue weighted by atomic mass is 16.5. The quantitative estimate of drug-likeness (QED) is 0.351. The third-order valence-corrected chi connectivity index (χ3v) is 3.20. The topological polar surface area (TPSA) is 84.7 Å². The van der Waals surface area contributed by atoms with E-state index < -0.39 is 0 Å². The Balaban J connectivity index is 1.79. The summed E-state index contributed by atoms with van der Waals surface area (Å²) in [5, 5.41) is 0. The molecule has 2 rings (SSSR count). The molecule has 3 N–H and O–H groups in total. The molecular weight excluding hydrogens is 258 g/mol. The molecule has 1 aromatic carbocycles. The van der Waals surface area contributed by atoms with Crippen LogP contribution in [0.4, 0.5) is 5.69 Å². The molecular formula is C14H19N3O3. The maximum atomic E-state index is 11.6. The lowest BCUT2D eigenvalue weighted by molar-refractivity contribution is -0.121. The number of amides is 2. The Morgan fingerprint density at radius 2 is 2.10 bits per heavy atom. The number of rotatable bonds is 6. The lowest BCUT2D eigenvalue weighted by atomic mass is 10.2. The van der Waals surface area contributed by atoms with Gasteiger partial charge in [0, 0.05) is 25.1 Å². The monoisotopic (exact) mass is 277 g/mol. The van der Waals surface area contributed by atoms with E-state index in [0.717, 1.165) is 24.4 Å². The normalized spacial score (nSPS) is 14.4. The predicted molar refractivity (Wildman–Crippen MR) is 75.1 cm³/mol. The van der Waals surface area contributed by atoms with Gasteiger partial charge in [0.2, 0.25) is 11.8 Å². The maximum Gasteiger partial charge on any atom is 0.234 e. The number of anilines is 1. The van der Waals surface area contributed by atoms with Gasteiger partial charge in [-0.25, -0.2) is 5.84 Å². The van der Waals surface area contributed by atoms with Gasteiger partial charge in [-0.05, 0) is 37.1 Å². The Morgan fingerprint density at radius 1 is 1.35 bits per heavy atom. The number of hydrazine groups is 1. The van der Waals surface area contributed by atoms with Gasteiger partial charge >= 0.3 is 0 Å². The summed E-state index contributed by atoms with van der Waals surface area (Å²) >= 11 is 0. The second kappa shape index (κ2) is 6.91. The van der Waals surface area contributed by atoms with Crippen molar-refractivity contribution in [3.05, 3.63) is 24.3 Å². The average molecular weight is 277 g/mol. The second-order valence-electron chi connectivity index (χ2n) is 4.66. The summed E-state index contributed by atoms with van der Waals surface area (Å²) in [5.41, 5.74) is 2.98. The van der Waals surface area contributed by atoms with E-state index in [-0.39, 0.29) is 11.8 Å². The molecule has 1 heterocycles. The van der Waals surface area contributed by atoms with Crippen molar-refractivity contribution in [1.82, 2.24) is 5.43 Å². The van der Waals surface area contributed by atoms with Gasteiger partial charge in [0.1, 0.15) is 5.75 Å². The number of hydrogen-bond acceptors (Lipinski definition) is 4. The van der Waals surface area contributed by atoms with Gasteiger partial charge in [-0.15, -0.1) is 0 Å². The molecule has 0 spiro atoms. The molecule has 108 valence electrons. The van der Waals surface area contributed by atoms with E-state index in [1.807, 2.05) is 24.3 Å². The first kappa shape index (κ1) is 14.3. The third-order valence-electron chi connectivity index (χ3n) is 3.20. The molecule has 0 unspecified atom stereocenters. The smallest absolute Gasteiger partial charge is 0.234 e. The maximum absolute atomic E-state index is 11.6. The lowest BCUT2D eigenvalue weighted by Gasteiger charge is -2.16. The molecule has 0 aromatic heterocycles. The zero-order chi connectivity index (χ0) is 14.4. The van der Waals surface area contributed by atoms with Gasteiger partial charge in [-0.1, -0.05) is 0 Å². The van der Waals surface area contributed by atoms with Crippen LogP contribution in [0.1, 0.15) is 25.7 Å². The van der Waals surface area contributed by atoms with Crippen molar-refractivity contribution >= 4 is 17.5 Å². The Kier molecular flexibility index (Phi) is 4.95. The van der Waals surface area contributed by atoms with Gasteiger partial charge in [0.15, 0.2) is 0 Å². The van der Waals surface area contributed by atoms with Crippen LogP contribution in [0.2, 0.25) is 0 Å². The molecule has 0 radical (unpaired) electrons. The highest BCUT2D eigenvalue weighted by Gasteiger charge is 2.21. The molecule has 1 fully saturated rings. The Bertz CT molecular complexity index is 473. The number of ether oxygens (including phenoxy) is 1. The summed E-state index contributed by atoms with van der Waals surface area (Å²) in [6.07, 6.45) is 2.49. The van der Waals surface area contributed by atoms with E-state index in [1.165, 1.54) is 0 Å². The van der Waals surface area contributed by atoms with Crippen molar-refractivity contribution in [2.45, 2.75) is 25.7 Å². The van der Waals surface area contributed by atoms with E-state index in [1.54, 1.807) is 4.90 Å². The molecule has 0 aliphatic carbocycles. The van der Waals surface area contributed by atoms with Crippen molar-refractivity contribution in [1.29, 1.82) is 0 Å². The molecule has 1 aliphatic rings. The van der Waals surface area contributed by atoms with Crippen LogP contribution in [0.15, 0.2) is 24.3 Å². The molecule has 20 heavy (non-hydrogen) atoms. The number of nitrogens with one attached hydrogen (secondary N) is 1. The van der Waals surface area contributed by atoms with Crippen LogP contribution in [-0.2, 0) is 9.59 Å². The minimum Gasteiger partial charge on any atom is -0.494 e. The Hall–Kier alpha value is -2.08. The van der Waals surface area contributed by atoms with E-state index in [4.69, 9.17) is 10.6 Å². The molecule has 0 atom stereocenters. The first-order valence-corrected chi connectivity index (χ1v) is 6.73. The van der Waals surface area contributed by atoms with Crippen molar-refractivity contribution in [3.63, 3.8) is 0 Å². The lowest BCUT2D eigenvalue weighted by Crippen LogP contribution is -2.29. The largest absolute Gasteiger partial charge is 0.494 e. The molecule has 0 saturated carbocycles. The van der Waals surface area contributed by atoms with Crippen LogP contribution in [0.3, 0.4) is 0 Å². The molecule has 6 nitrogen and oxygen atoms in total. The van der Waals surface area contributed by atoms with Crippen molar-refractivity contribution in [2.75, 3.05) is 18.1 Å². The number of nitrogens with zero attached hydrogens (tertiary/aromatic N) is 1. The minimum atomic E-state index is -0.198. The van der Waals surface area contributed by atoms with Gasteiger partial charge in [0.25, 0.3) is 0 Å². The standard InChI is InChI=1S/C14H19N3O3/c15-16-13(18)3-2-10-20-12-7-5-11(6-8-12)17-9-1-4-14(17)19/h5-8H,1-4,9-10,15H2,(H,16,18). The van der Waals surface area contributed by atoms with Gasteiger partial charge in [0.05, 0.1) is 6.61 Å². The fraction of sp³-hybridized carbons (Fsp3) is 0.429. The second-order valence-corrected chi connectivity index (χ2v) is 4.66. The molecule has 1 aromatic rings. The van der Waals surface area contributed by atoms with E-state index >= 15 is 0 Å². The van der Waals surface area contributed by atoms with Gasteiger partial charge < -0.3 is 9.64 Å². The Morgan fingerprint density at radius 3 is 2.70 bits per heavy atom.